The normalized spacial score (nSPS) is 26.1. The fraction of sp³-hybridized carbons (Fsp3) is 0.542. The van der Waals surface area contributed by atoms with Crippen LogP contribution in [0.4, 0.5) is 10.5 Å². The predicted molar refractivity (Wildman–Crippen MR) is 130 cm³/mol. The maximum absolute atomic E-state index is 13.6. The van der Waals surface area contributed by atoms with Gasteiger partial charge in [0, 0.05) is 30.8 Å². The first kappa shape index (κ1) is 22.5. The third-order valence-corrected chi connectivity index (χ3v) is 7.79. The second kappa shape index (κ2) is 8.60. The summed E-state index contributed by atoms with van der Waals surface area (Å²) in [4.78, 5) is 22.1. The highest BCUT2D eigenvalue weighted by Crippen LogP contribution is 2.55. The number of aryl methyl sites for hydroxylation is 1. The lowest BCUT2D eigenvalue weighted by Gasteiger charge is -2.61. The lowest BCUT2D eigenvalue weighted by atomic mass is 9.64. The monoisotopic (exact) mass is 496 g/mol. The van der Waals surface area contributed by atoms with Crippen LogP contribution in [0.15, 0.2) is 28.9 Å². The summed E-state index contributed by atoms with van der Waals surface area (Å²) in [5.74, 6) is 2.17. The molecule has 184 valence electrons. The number of hydrogen-bond donors (Lipinski definition) is 1. The third-order valence-electron chi connectivity index (χ3n) is 7.46. The zero-order valence-corrected chi connectivity index (χ0v) is 20.7. The van der Waals surface area contributed by atoms with Crippen LogP contribution in [-0.4, -0.2) is 59.9 Å². The summed E-state index contributed by atoms with van der Waals surface area (Å²) in [5, 5.41) is 16.7. The number of hydrogen-bond acceptors (Lipinski definition) is 7. The van der Waals surface area contributed by atoms with Crippen LogP contribution in [0.1, 0.15) is 50.8 Å². The highest BCUT2D eigenvalue weighted by Gasteiger charge is 2.62. The zero-order chi connectivity index (χ0) is 24.2. The van der Waals surface area contributed by atoms with Crippen molar-refractivity contribution in [3.05, 3.63) is 41.3 Å². The SMILES string of the molecule is CC1CC2CC(c3nnc(CN4CCCC4)o3)(C1)N2C(=O)Nc1ccc(Cl)c(-c2ncn(C)n2)c1. The van der Waals surface area contributed by atoms with Gasteiger partial charge in [0.1, 0.15) is 11.9 Å². The molecular formula is C24H29ClN8O2. The van der Waals surface area contributed by atoms with Crippen molar-refractivity contribution in [2.45, 2.75) is 57.2 Å². The van der Waals surface area contributed by atoms with E-state index in [9.17, 15) is 4.79 Å². The summed E-state index contributed by atoms with van der Waals surface area (Å²) >= 11 is 6.39. The van der Waals surface area contributed by atoms with Gasteiger partial charge >= 0.3 is 6.03 Å². The van der Waals surface area contributed by atoms with Gasteiger partial charge in [-0.1, -0.05) is 18.5 Å². The Morgan fingerprint density at radius 3 is 2.86 bits per heavy atom. The molecule has 2 amide bonds. The average Bonchev–Trinajstić information content (AvgIpc) is 3.58. The first-order chi connectivity index (χ1) is 16.9. The van der Waals surface area contributed by atoms with Crippen LogP contribution in [0.3, 0.4) is 0 Å². The summed E-state index contributed by atoms with van der Waals surface area (Å²) in [6, 6.07) is 5.33. The topological polar surface area (TPSA) is 105 Å². The average molecular weight is 497 g/mol. The Morgan fingerprint density at radius 1 is 1.26 bits per heavy atom. The number of amides is 2. The molecule has 3 atom stereocenters. The minimum atomic E-state index is -0.555. The molecule has 7 rings (SSSR count). The highest BCUT2D eigenvalue weighted by molar-refractivity contribution is 6.33. The number of benzene rings is 1. The second-order valence-electron chi connectivity index (χ2n) is 10.2. The van der Waals surface area contributed by atoms with E-state index in [1.54, 1.807) is 36.3 Å². The molecule has 0 spiro atoms. The molecule has 4 aliphatic rings. The minimum Gasteiger partial charge on any atom is -0.421 e. The molecule has 3 aromatic rings. The molecule has 1 aliphatic carbocycles. The van der Waals surface area contributed by atoms with Crippen molar-refractivity contribution in [1.29, 1.82) is 0 Å². The lowest BCUT2D eigenvalue weighted by Crippen LogP contribution is -2.70. The van der Waals surface area contributed by atoms with E-state index < -0.39 is 5.54 Å². The van der Waals surface area contributed by atoms with Crippen molar-refractivity contribution < 1.29 is 9.21 Å². The summed E-state index contributed by atoms with van der Waals surface area (Å²) in [7, 11) is 1.80. The smallest absolute Gasteiger partial charge is 0.323 e. The molecule has 3 saturated heterocycles. The van der Waals surface area contributed by atoms with Crippen molar-refractivity contribution in [3.63, 3.8) is 0 Å². The Bertz CT molecular complexity index is 1250. The van der Waals surface area contributed by atoms with Crippen LogP contribution in [0.5, 0.6) is 0 Å². The number of nitrogens with one attached hydrogen (secondary N) is 1. The number of urea groups is 1. The molecule has 1 saturated carbocycles. The zero-order valence-electron chi connectivity index (χ0n) is 19.9. The van der Waals surface area contributed by atoms with Crippen molar-refractivity contribution >= 4 is 23.3 Å². The first-order valence-electron chi connectivity index (χ1n) is 12.2. The van der Waals surface area contributed by atoms with E-state index >= 15 is 0 Å². The second-order valence-corrected chi connectivity index (χ2v) is 10.6. The van der Waals surface area contributed by atoms with Gasteiger partial charge in [-0.05, 0) is 62.9 Å². The number of anilines is 1. The Morgan fingerprint density at radius 2 is 2.09 bits per heavy atom. The third kappa shape index (κ3) is 3.98. The Labute approximate surface area is 208 Å². The number of aromatic nitrogens is 5. The molecule has 10 nitrogen and oxygen atoms in total. The molecule has 2 bridgehead atoms. The maximum Gasteiger partial charge on any atom is 0.323 e. The number of nitrogens with zero attached hydrogens (tertiary/aromatic N) is 7. The van der Waals surface area contributed by atoms with Gasteiger partial charge in [-0.15, -0.1) is 10.2 Å². The molecule has 3 aliphatic heterocycles. The number of carbonyl (C=O) groups excluding carboxylic acids is 1. The van der Waals surface area contributed by atoms with Crippen molar-refractivity contribution in [2.24, 2.45) is 13.0 Å². The van der Waals surface area contributed by atoms with Gasteiger partial charge in [0.25, 0.3) is 0 Å². The lowest BCUT2D eigenvalue weighted by molar-refractivity contribution is -0.110. The molecule has 0 radical (unpaired) electrons. The maximum atomic E-state index is 13.6. The Kier molecular flexibility index (Phi) is 5.52. The molecular weight excluding hydrogens is 468 g/mol. The van der Waals surface area contributed by atoms with Gasteiger partial charge in [0.15, 0.2) is 5.82 Å². The van der Waals surface area contributed by atoms with Gasteiger partial charge in [-0.3, -0.25) is 9.58 Å². The summed E-state index contributed by atoms with van der Waals surface area (Å²) in [6.07, 6.45) is 6.66. The number of rotatable bonds is 5. The fourth-order valence-corrected chi connectivity index (χ4v) is 6.21. The largest absolute Gasteiger partial charge is 0.421 e. The van der Waals surface area contributed by atoms with Crippen LogP contribution < -0.4 is 5.32 Å². The van der Waals surface area contributed by atoms with Gasteiger partial charge in [-0.2, -0.15) is 5.10 Å². The van der Waals surface area contributed by atoms with E-state index in [0.29, 0.717) is 46.3 Å². The number of piperidine rings is 1. The van der Waals surface area contributed by atoms with E-state index in [2.05, 4.69) is 37.4 Å². The van der Waals surface area contributed by atoms with Gasteiger partial charge in [0.2, 0.25) is 11.8 Å². The summed E-state index contributed by atoms with van der Waals surface area (Å²) in [6.45, 7) is 5.02. The highest BCUT2D eigenvalue weighted by atomic mass is 35.5. The Hall–Kier alpha value is -2.98. The quantitative estimate of drug-likeness (QED) is 0.568. The molecule has 1 aromatic carbocycles. The molecule has 4 fully saturated rings. The van der Waals surface area contributed by atoms with Crippen LogP contribution >= 0.6 is 11.6 Å². The van der Waals surface area contributed by atoms with Crippen LogP contribution in [0, 0.1) is 5.92 Å². The van der Waals surface area contributed by atoms with Crippen molar-refractivity contribution in [1.82, 2.24) is 34.8 Å². The van der Waals surface area contributed by atoms with Gasteiger partial charge in [0.05, 0.1) is 11.6 Å². The van der Waals surface area contributed by atoms with Gasteiger partial charge in [-0.25, -0.2) is 9.78 Å². The summed E-state index contributed by atoms with van der Waals surface area (Å²) < 4.78 is 7.79. The minimum absolute atomic E-state index is 0.150. The number of halogens is 1. The van der Waals surface area contributed by atoms with Gasteiger partial charge < -0.3 is 14.6 Å². The molecule has 3 unspecified atom stereocenters. The number of carbonyl (C=O) groups is 1. The van der Waals surface area contributed by atoms with Crippen LogP contribution in [0.25, 0.3) is 11.4 Å². The molecule has 1 N–H and O–H groups in total. The van der Waals surface area contributed by atoms with Crippen LogP contribution in [-0.2, 0) is 19.1 Å². The van der Waals surface area contributed by atoms with Crippen molar-refractivity contribution in [2.75, 3.05) is 18.4 Å². The van der Waals surface area contributed by atoms with E-state index in [-0.39, 0.29) is 12.1 Å². The first-order valence-corrected chi connectivity index (χ1v) is 12.6. The van der Waals surface area contributed by atoms with E-state index in [1.807, 2.05) is 4.90 Å². The molecule has 5 heterocycles. The number of likely N-dealkylation sites (tertiary alicyclic amines) is 1. The molecule has 11 heteroatoms. The number of fused-ring (bicyclic) bond motifs is 2. The van der Waals surface area contributed by atoms with Crippen molar-refractivity contribution in [3.8, 4) is 11.4 Å². The van der Waals surface area contributed by atoms with E-state index in [1.165, 1.54) is 12.8 Å². The van der Waals surface area contributed by atoms with E-state index in [4.69, 9.17) is 16.0 Å². The summed E-state index contributed by atoms with van der Waals surface area (Å²) in [5.41, 5.74) is 0.747. The standard InChI is InChI=1S/C24H29ClN8O2/c1-15-9-17-12-24(11-15,22-29-28-20(35-22)13-32-7-3-4-8-32)33(17)23(34)27-16-5-6-19(25)18(10-16)21-26-14-31(2)30-21/h5-6,10,14-15,17H,3-4,7-9,11-13H2,1-2H3,(H,27,34). The molecule has 2 aromatic heterocycles. The van der Waals surface area contributed by atoms with E-state index in [0.717, 1.165) is 32.4 Å². The fourth-order valence-electron chi connectivity index (χ4n) is 6.01. The Balaban J connectivity index is 1.24. The predicted octanol–water partition coefficient (Wildman–Crippen LogP) is 4.05. The van der Waals surface area contributed by atoms with Crippen LogP contribution in [0.2, 0.25) is 5.02 Å². The molecule has 35 heavy (non-hydrogen) atoms.